The molecule has 16 heavy (non-hydrogen) atoms. The molecule has 1 atom stereocenters. The van der Waals surface area contributed by atoms with Gasteiger partial charge in [0.1, 0.15) is 5.15 Å². The van der Waals surface area contributed by atoms with Crippen molar-refractivity contribution in [2.24, 2.45) is 5.73 Å². The Kier molecular flexibility index (Phi) is 3.83. The number of nitrogens with two attached hydrogens (primary N) is 1. The van der Waals surface area contributed by atoms with Gasteiger partial charge in [-0.25, -0.2) is 9.97 Å². The molecule has 3 N–H and O–H groups in total. The minimum atomic E-state index is -0.931. The highest BCUT2D eigenvalue weighted by Crippen LogP contribution is 2.12. The monoisotopic (exact) mass is 242 g/mol. The van der Waals surface area contributed by atoms with Gasteiger partial charge in [-0.3, -0.25) is 10.1 Å². The van der Waals surface area contributed by atoms with Gasteiger partial charge in [0.25, 0.3) is 0 Å². The summed E-state index contributed by atoms with van der Waals surface area (Å²) in [7, 11) is 0. The van der Waals surface area contributed by atoms with E-state index in [-0.39, 0.29) is 17.0 Å². The van der Waals surface area contributed by atoms with Gasteiger partial charge in [-0.2, -0.15) is 0 Å². The molecule has 0 fully saturated rings. The summed E-state index contributed by atoms with van der Waals surface area (Å²) >= 11 is 5.75. The van der Waals surface area contributed by atoms with Crippen molar-refractivity contribution in [1.29, 1.82) is 0 Å². The molecule has 0 saturated heterocycles. The molecule has 0 aliphatic rings. The molecule has 6 heteroatoms. The lowest BCUT2D eigenvalue weighted by molar-refractivity contribution is -0.120. The summed E-state index contributed by atoms with van der Waals surface area (Å²) in [5.74, 6) is -0.142. The van der Waals surface area contributed by atoms with Gasteiger partial charge in [-0.1, -0.05) is 18.5 Å². The molecule has 0 radical (unpaired) electrons. The van der Waals surface area contributed by atoms with Crippen molar-refractivity contribution in [3.05, 3.63) is 16.9 Å². The van der Waals surface area contributed by atoms with E-state index in [1.165, 1.54) is 0 Å². The molecule has 1 amide bonds. The number of carbonyl (C=O) groups excluding carboxylic acids is 1. The van der Waals surface area contributed by atoms with Crippen LogP contribution in [0, 0.1) is 6.92 Å². The van der Waals surface area contributed by atoms with Crippen LogP contribution >= 0.6 is 11.6 Å². The van der Waals surface area contributed by atoms with Crippen LogP contribution in [-0.2, 0) is 4.79 Å². The number of nitrogens with zero attached hydrogens (tertiary/aromatic N) is 2. The zero-order valence-electron chi connectivity index (χ0n) is 9.54. The molecular weight excluding hydrogens is 228 g/mol. The topological polar surface area (TPSA) is 80.9 Å². The van der Waals surface area contributed by atoms with E-state index in [0.717, 1.165) is 0 Å². The SMILES string of the molecule is CCC(C)(N)C(=O)Nc1nc(C)cc(Cl)n1. The lowest BCUT2D eigenvalue weighted by atomic mass is 10.00. The highest BCUT2D eigenvalue weighted by molar-refractivity contribution is 6.29. The van der Waals surface area contributed by atoms with Crippen LogP contribution in [0.2, 0.25) is 5.15 Å². The van der Waals surface area contributed by atoms with Crippen molar-refractivity contribution in [3.8, 4) is 0 Å². The molecule has 0 spiro atoms. The first-order valence-electron chi connectivity index (χ1n) is 4.96. The minimum absolute atomic E-state index is 0.181. The third kappa shape index (κ3) is 3.15. The summed E-state index contributed by atoms with van der Waals surface area (Å²) in [6.45, 7) is 5.26. The highest BCUT2D eigenvalue weighted by Gasteiger charge is 2.26. The van der Waals surface area contributed by atoms with Gasteiger partial charge in [0.2, 0.25) is 11.9 Å². The number of aryl methyl sites for hydroxylation is 1. The Morgan fingerprint density at radius 3 is 2.75 bits per heavy atom. The second kappa shape index (κ2) is 4.76. The first kappa shape index (κ1) is 12.9. The molecule has 88 valence electrons. The lowest BCUT2D eigenvalue weighted by Crippen LogP contribution is -2.48. The van der Waals surface area contributed by atoms with E-state index in [9.17, 15) is 4.79 Å². The quantitative estimate of drug-likeness (QED) is 0.788. The number of rotatable bonds is 3. The smallest absolute Gasteiger partial charge is 0.246 e. The normalized spacial score (nSPS) is 14.3. The van der Waals surface area contributed by atoms with Gasteiger partial charge in [-0.15, -0.1) is 0 Å². The number of carbonyl (C=O) groups is 1. The van der Waals surface area contributed by atoms with Crippen LogP contribution in [0.1, 0.15) is 26.0 Å². The molecule has 0 bridgehead atoms. The number of hydrogen-bond acceptors (Lipinski definition) is 4. The van der Waals surface area contributed by atoms with Crippen molar-refractivity contribution in [1.82, 2.24) is 9.97 Å². The maximum atomic E-state index is 11.7. The van der Waals surface area contributed by atoms with Crippen LogP contribution in [0.3, 0.4) is 0 Å². The molecule has 0 aliphatic carbocycles. The van der Waals surface area contributed by atoms with E-state index in [4.69, 9.17) is 17.3 Å². The van der Waals surface area contributed by atoms with E-state index in [1.807, 2.05) is 6.92 Å². The largest absolute Gasteiger partial charge is 0.318 e. The maximum Gasteiger partial charge on any atom is 0.246 e. The fraction of sp³-hybridized carbons (Fsp3) is 0.500. The molecule has 5 nitrogen and oxygen atoms in total. The first-order chi connectivity index (χ1) is 7.35. The average Bonchev–Trinajstić information content (AvgIpc) is 2.15. The summed E-state index contributed by atoms with van der Waals surface area (Å²) in [6, 6.07) is 1.61. The summed E-state index contributed by atoms with van der Waals surface area (Å²) in [4.78, 5) is 19.7. The van der Waals surface area contributed by atoms with Gasteiger partial charge in [0.15, 0.2) is 0 Å². The van der Waals surface area contributed by atoms with Crippen LogP contribution in [0.25, 0.3) is 0 Å². The fourth-order valence-corrected chi connectivity index (χ4v) is 1.23. The Balaban J connectivity index is 2.85. The Hall–Kier alpha value is -1.20. The summed E-state index contributed by atoms with van der Waals surface area (Å²) in [5.41, 5.74) is 5.54. The number of anilines is 1. The van der Waals surface area contributed by atoms with Gasteiger partial charge in [0, 0.05) is 5.69 Å². The zero-order chi connectivity index (χ0) is 12.3. The van der Waals surface area contributed by atoms with Gasteiger partial charge in [-0.05, 0) is 26.3 Å². The van der Waals surface area contributed by atoms with E-state index in [2.05, 4.69) is 15.3 Å². The minimum Gasteiger partial charge on any atom is -0.318 e. The summed E-state index contributed by atoms with van der Waals surface area (Å²) in [5, 5.41) is 2.83. The van der Waals surface area contributed by atoms with E-state index in [0.29, 0.717) is 12.1 Å². The summed E-state index contributed by atoms with van der Waals surface area (Å²) < 4.78 is 0. The van der Waals surface area contributed by atoms with Gasteiger partial charge < -0.3 is 5.73 Å². The molecule has 0 aliphatic heterocycles. The van der Waals surface area contributed by atoms with Crippen LogP contribution in [0.4, 0.5) is 5.95 Å². The van der Waals surface area contributed by atoms with Crippen LogP contribution < -0.4 is 11.1 Å². The molecule has 1 unspecified atom stereocenters. The molecule has 0 aromatic carbocycles. The Morgan fingerprint density at radius 1 is 1.62 bits per heavy atom. The van der Waals surface area contributed by atoms with Crippen molar-refractivity contribution >= 4 is 23.5 Å². The third-order valence-electron chi connectivity index (χ3n) is 2.30. The third-order valence-corrected chi connectivity index (χ3v) is 2.50. The number of halogens is 1. The number of amides is 1. The summed E-state index contributed by atoms with van der Waals surface area (Å²) in [6.07, 6.45) is 0.526. The van der Waals surface area contributed by atoms with Crippen LogP contribution in [0.15, 0.2) is 6.07 Å². The average molecular weight is 243 g/mol. The Morgan fingerprint density at radius 2 is 2.25 bits per heavy atom. The Bertz CT molecular complexity index is 386. The highest BCUT2D eigenvalue weighted by atomic mass is 35.5. The Labute approximate surface area is 99.4 Å². The predicted octanol–water partition coefficient (Wildman–Crippen LogP) is 1.50. The molecule has 0 saturated carbocycles. The van der Waals surface area contributed by atoms with Gasteiger partial charge in [0.05, 0.1) is 5.54 Å². The molecule has 1 aromatic heterocycles. The molecule has 1 rings (SSSR count). The molecular formula is C10H15ClN4O. The maximum absolute atomic E-state index is 11.7. The van der Waals surface area contributed by atoms with Crippen molar-refractivity contribution in [2.45, 2.75) is 32.7 Å². The fourth-order valence-electron chi connectivity index (χ4n) is 0.991. The van der Waals surface area contributed by atoms with Crippen molar-refractivity contribution < 1.29 is 4.79 Å². The second-order valence-electron chi connectivity index (χ2n) is 3.88. The number of nitrogens with one attached hydrogen (secondary N) is 1. The first-order valence-corrected chi connectivity index (χ1v) is 5.34. The van der Waals surface area contributed by atoms with Crippen molar-refractivity contribution in [3.63, 3.8) is 0 Å². The standard InChI is InChI=1S/C10H15ClN4O/c1-4-10(3,12)8(16)15-9-13-6(2)5-7(11)14-9/h5H,4,12H2,1-3H3,(H,13,14,15,16). The zero-order valence-corrected chi connectivity index (χ0v) is 10.3. The van der Waals surface area contributed by atoms with E-state index in [1.54, 1.807) is 19.9 Å². The van der Waals surface area contributed by atoms with E-state index < -0.39 is 5.54 Å². The van der Waals surface area contributed by atoms with Crippen molar-refractivity contribution in [2.75, 3.05) is 5.32 Å². The van der Waals surface area contributed by atoms with Crippen LogP contribution in [-0.4, -0.2) is 21.4 Å². The second-order valence-corrected chi connectivity index (χ2v) is 4.27. The predicted molar refractivity (Wildman–Crippen MR) is 63.3 cm³/mol. The van der Waals surface area contributed by atoms with E-state index >= 15 is 0 Å². The molecule has 1 aromatic rings. The van der Waals surface area contributed by atoms with Gasteiger partial charge >= 0.3 is 0 Å². The molecule has 1 heterocycles. The van der Waals surface area contributed by atoms with Crippen LogP contribution in [0.5, 0.6) is 0 Å². The number of hydrogen-bond donors (Lipinski definition) is 2. The number of aromatic nitrogens is 2. The lowest BCUT2D eigenvalue weighted by Gasteiger charge is -2.20.